The van der Waals surface area contributed by atoms with Gasteiger partial charge >= 0.3 is 0 Å². The van der Waals surface area contributed by atoms with Crippen LogP contribution in [0.3, 0.4) is 0 Å². The molecule has 2 rings (SSSR count). The molecule has 0 aliphatic carbocycles. The Bertz CT molecular complexity index is 570. The van der Waals surface area contributed by atoms with Gasteiger partial charge in [-0.2, -0.15) is 8.73 Å². The molecular weight excluding hydrogens is 349 g/mol. The summed E-state index contributed by atoms with van der Waals surface area (Å²) in [6.45, 7) is 1.72. The summed E-state index contributed by atoms with van der Waals surface area (Å²) in [5.74, 6) is -0.205. The number of nitrogens with one attached hydrogen (secondary N) is 1. The number of carbonyl (C=O) groups is 1. The van der Waals surface area contributed by atoms with E-state index in [-0.39, 0.29) is 10.7 Å². The van der Waals surface area contributed by atoms with Crippen molar-refractivity contribution in [2.75, 3.05) is 5.32 Å². The van der Waals surface area contributed by atoms with E-state index in [1.54, 1.807) is 13.0 Å². The Labute approximate surface area is 120 Å². The summed E-state index contributed by atoms with van der Waals surface area (Å²) >= 11 is 16.2. The van der Waals surface area contributed by atoms with Gasteiger partial charge in [0.05, 0.1) is 31.9 Å². The Hall–Kier alpha value is -0.430. The van der Waals surface area contributed by atoms with E-state index in [0.29, 0.717) is 27.1 Å². The molecule has 1 N–H and O–H groups in total. The molecule has 1 aliphatic rings. The molecule has 4 nitrogen and oxygen atoms in total. The maximum atomic E-state index is 11.6. The molecule has 1 aromatic carbocycles. The summed E-state index contributed by atoms with van der Waals surface area (Å²) in [7, 11) is 0. The number of benzene rings is 1. The summed E-state index contributed by atoms with van der Waals surface area (Å²) in [6.07, 6.45) is 0. The van der Waals surface area contributed by atoms with Gasteiger partial charge in [0.15, 0.2) is 0 Å². The normalized spacial score (nSPS) is 14.1. The number of hydrogen-bond acceptors (Lipinski definition) is 3. The van der Waals surface area contributed by atoms with Crippen molar-refractivity contribution in [2.24, 2.45) is 8.73 Å². The molecule has 1 amide bonds. The van der Waals surface area contributed by atoms with E-state index >= 15 is 0 Å². The summed E-state index contributed by atoms with van der Waals surface area (Å²) in [5.41, 5.74) is 1.49. The number of fused-ring (bicyclic) bond motifs is 1. The smallest absolute Gasteiger partial charge is 0.237 e. The van der Waals surface area contributed by atoms with Crippen LogP contribution in [0.4, 0.5) is 17.1 Å². The van der Waals surface area contributed by atoms with E-state index in [1.165, 1.54) is 0 Å². The average molecular weight is 355 g/mol. The monoisotopic (exact) mass is 353 g/mol. The van der Waals surface area contributed by atoms with Crippen LogP contribution in [0.25, 0.3) is 0 Å². The lowest BCUT2D eigenvalue weighted by atomic mass is 10.2. The SMILES string of the molecule is CC(Br)C(=O)Nc1c(Cl)cc(Cl)c2c1N=S=N2. The van der Waals surface area contributed by atoms with Crippen molar-refractivity contribution in [3.05, 3.63) is 16.1 Å². The van der Waals surface area contributed by atoms with Gasteiger partial charge in [-0.05, 0) is 13.0 Å². The Morgan fingerprint density at radius 3 is 2.71 bits per heavy atom. The van der Waals surface area contributed by atoms with Crippen molar-refractivity contribution in [3.63, 3.8) is 0 Å². The standard InChI is InChI=1S/C9H6BrCl2N3OS/c1-3(10)9(16)13-6-4(11)2-5(12)7-8(6)15-17-14-7/h2-3H,1H3,(H,13,16). The Morgan fingerprint density at radius 1 is 1.41 bits per heavy atom. The first-order chi connectivity index (χ1) is 8.00. The zero-order valence-corrected chi connectivity index (χ0v) is 12.4. The molecule has 0 saturated heterocycles. The number of nitrogens with zero attached hydrogens (tertiary/aromatic N) is 2. The van der Waals surface area contributed by atoms with E-state index in [1.807, 2.05) is 0 Å². The van der Waals surface area contributed by atoms with Crippen LogP contribution in [-0.2, 0) is 16.1 Å². The Balaban J connectivity index is 2.46. The highest BCUT2D eigenvalue weighted by Crippen LogP contribution is 2.47. The molecule has 1 aromatic rings. The quantitative estimate of drug-likeness (QED) is 0.796. The molecule has 1 atom stereocenters. The van der Waals surface area contributed by atoms with Gasteiger partial charge in [-0.25, -0.2) is 0 Å². The summed E-state index contributed by atoms with van der Waals surface area (Å²) < 4.78 is 8.13. The Morgan fingerprint density at radius 2 is 2.06 bits per heavy atom. The van der Waals surface area contributed by atoms with Crippen LogP contribution in [0, 0.1) is 0 Å². The predicted octanol–water partition coefficient (Wildman–Crippen LogP) is 4.44. The zero-order chi connectivity index (χ0) is 12.6. The molecular formula is C9H6BrCl2N3OS. The highest BCUT2D eigenvalue weighted by atomic mass is 79.9. The van der Waals surface area contributed by atoms with Gasteiger partial charge in [-0.1, -0.05) is 39.1 Å². The van der Waals surface area contributed by atoms with Crippen molar-refractivity contribution in [1.82, 2.24) is 0 Å². The minimum atomic E-state index is -0.323. The van der Waals surface area contributed by atoms with Gasteiger partial charge in [0.2, 0.25) is 5.91 Å². The number of rotatable bonds is 2. The lowest BCUT2D eigenvalue weighted by molar-refractivity contribution is -0.115. The van der Waals surface area contributed by atoms with Gasteiger partial charge in [-0.15, -0.1) is 0 Å². The highest BCUT2D eigenvalue weighted by Gasteiger charge is 2.21. The lowest BCUT2D eigenvalue weighted by Gasteiger charge is -2.11. The molecule has 0 spiro atoms. The fraction of sp³-hybridized carbons (Fsp3) is 0.222. The number of alkyl halides is 1. The largest absolute Gasteiger partial charge is 0.322 e. The van der Waals surface area contributed by atoms with E-state index in [2.05, 4.69) is 30.0 Å². The molecule has 0 aromatic heterocycles. The van der Waals surface area contributed by atoms with Crippen LogP contribution < -0.4 is 5.32 Å². The average Bonchev–Trinajstić information content (AvgIpc) is 2.72. The van der Waals surface area contributed by atoms with Crippen LogP contribution in [0.15, 0.2) is 14.8 Å². The molecule has 0 fully saturated rings. The molecule has 0 bridgehead atoms. The van der Waals surface area contributed by atoms with Crippen molar-refractivity contribution in [1.29, 1.82) is 0 Å². The van der Waals surface area contributed by atoms with Gasteiger partial charge in [0.1, 0.15) is 11.4 Å². The molecule has 1 heterocycles. The van der Waals surface area contributed by atoms with Gasteiger partial charge < -0.3 is 5.32 Å². The van der Waals surface area contributed by atoms with Gasteiger partial charge in [-0.3, -0.25) is 4.79 Å². The maximum absolute atomic E-state index is 11.6. The summed E-state index contributed by atoms with van der Waals surface area (Å²) in [5, 5.41) is 3.46. The summed E-state index contributed by atoms with van der Waals surface area (Å²) in [6, 6.07) is 1.54. The molecule has 0 saturated carbocycles. The van der Waals surface area contributed by atoms with Crippen LogP contribution >= 0.6 is 39.1 Å². The fourth-order valence-corrected chi connectivity index (χ4v) is 2.49. The fourth-order valence-electron chi connectivity index (χ4n) is 1.22. The first-order valence-electron chi connectivity index (χ1n) is 4.56. The molecule has 17 heavy (non-hydrogen) atoms. The lowest BCUT2D eigenvalue weighted by Crippen LogP contribution is -2.20. The first-order valence-corrected chi connectivity index (χ1v) is 6.96. The zero-order valence-electron chi connectivity index (χ0n) is 8.50. The third kappa shape index (κ3) is 2.54. The van der Waals surface area contributed by atoms with E-state index < -0.39 is 0 Å². The van der Waals surface area contributed by atoms with Gasteiger partial charge in [0.25, 0.3) is 0 Å². The second-order valence-corrected chi connectivity index (χ2v) is 6.00. The number of amides is 1. The van der Waals surface area contributed by atoms with Crippen LogP contribution in [0.5, 0.6) is 0 Å². The number of anilines is 1. The number of hydrogen-bond donors (Lipinski definition) is 1. The van der Waals surface area contributed by atoms with E-state index in [4.69, 9.17) is 23.2 Å². The third-order valence-electron chi connectivity index (χ3n) is 2.05. The summed E-state index contributed by atoms with van der Waals surface area (Å²) in [4.78, 5) is 11.3. The first kappa shape index (κ1) is 13.0. The van der Waals surface area contributed by atoms with Crippen molar-refractivity contribution in [2.45, 2.75) is 11.8 Å². The Kier molecular flexibility index (Phi) is 3.87. The maximum Gasteiger partial charge on any atom is 0.237 e. The van der Waals surface area contributed by atoms with Crippen molar-refractivity contribution < 1.29 is 4.79 Å². The van der Waals surface area contributed by atoms with Crippen molar-refractivity contribution in [3.8, 4) is 0 Å². The van der Waals surface area contributed by atoms with Crippen LogP contribution in [0.2, 0.25) is 10.0 Å². The molecule has 90 valence electrons. The molecule has 0 radical (unpaired) electrons. The van der Waals surface area contributed by atoms with Crippen LogP contribution in [0.1, 0.15) is 6.92 Å². The van der Waals surface area contributed by atoms with Crippen molar-refractivity contribution >= 4 is 73.5 Å². The highest BCUT2D eigenvalue weighted by molar-refractivity contribution is 9.10. The molecule has 1 unspecified atom stereocenters. The van der Waals surface area contributed by atoms with E-state index in [9.17, 15) is 4.79 Å². The number of halogens is 3. The van der Waals surface area contributed by atoms with Gasteiger partial charge in [0, 0.05) is 0 Å². The third-order valence-corrected chi connectivity index (χ3v) is 3.58. The minimum absolute atomic E-state index is 0.205. The second kappa shape index (κ2) is 5.06. The van der Waals surface area contributed by atoms with Crippen LogP contribution in [-0.4, -0.2) is 10.7 Å². The number of carbonyl (C=O) groups excluding carboxylic acids is 1. The molecule has 8 heteroatoms. The topological polar surface area (TPSA) is 53.8 Å². The molecule has 1 aliphatic heterocycles. The minimum Gasteiger partial charge on any atom is -0.322 e. The van der Waals surface area contributed by atoms with E-state index in [0.717, 1.165) is 11.4 Å². The predicted molar refractivity (Wildman–Crippen MR) is 75.0 cm³/mol. The second-order valence-electron chi connectivity index (χ2n) is 3.28.